The molecule has 0 spiro atoms. The van der Waals surface area contributed by atoms with Gasteiger partial charge in [-0.15, -0.1) is 0 Å². The van der Waals surface area contributed by atoms with E-state index in [2.05, 4.69) is 10.6 Å². The average molecular weight is 417 g/mol. The van der Waals surface area contributed by atoms with Gasteiger partial charge in [-0.05, 0) is 25.5 Å². The number of rotatable bonds is 5. The molecule has 0 radical (unpaired) electrons. The van der Waals surface area contributed by atoms with E-state index in [-0.39, 0.29) is 33.8 Å². The van der Waals surface area contributed by atoms with Crippen LogP contribution in [0.5, 0.6) is 11.5 Å². The first-order valence-corrected chi connectivity index (χ1v) is 9.34. The van der Waals surface area contributed by atoms with Gasteiger partial charge in [-0.3, -0.25) is 0 Å². The minimum Gasteiger partial charge on any atom is -0.504 e. The molecule has 0 fully saturated rings. The fourth-order valence-electron chi connectivity index (χ4n) is 3.10. The molecule has 3 rings (SSSR count). The van der Waals surface area contributed by atoms with Gasteiger partial charge in [-0.1, -0.05) is 41.9 Å². The molecule has 0 bridgehead atoms. The Hall–Kier alpha value is -3.19. The van der Waals surface area contributed by atoms with E-state index in [1.54, 1.807) is 38.1 Å². The number of phenols is 1. The summed E-state index contributed by atoms with van der Waals surface area (Å²) in [7, 11) is 1.38. The lowest BCUT2D eigenvalue weighted by molar-refractivity contribution is -0.143. The zero-order valence-electron chi connectivity index (χ0n) is 16.2. The van der Waals surface area contributed by atoms with Crippen LogP contribution in [0.3, 0.4) is 0 Å². The highest BCUT2D eigenvalue weighted by Gasteiger charge is 2.36. The smallest absolute Gasteiger partial charge is 0.338 e. The van der Waals surface area contributed by atoms with Gasteiger partial charge in [0.25, 0.3) is 0 Å². The van der Waals surface area contributed by atoms with Crippen molar-refractivity contribution in [2.24, 2.45) is 0 Å². The Morgan fingerprint density at radius 1 is 1.21 bits per heavy atom. The highest BCUT2D eigenvalue weighted by atomic mass is 35.5. The molecule has 29 heavy (non-hydrogen) atoms. The van der Waals surface area contributed by atoms with Gasteiger partial charge < -0.3 is 25.2 Å². The molecule has 0 saturated carbocycles. The highest BCUT2D eigenvalue weighted by Crippen LogP contribution is 2.41. The van der Waals surface area contributed by atoms with E-state index in [4.69, 9.17) is 21.1 Å². The van der Waals surface area contributed by atoms with Crippen LogP contribution in [0.2, 0.25) is 5.02 Å². The van der Waals surface area contributed by atoms with Gasteiger partial charge in [0, 0.05) is 16.7 Å². The quantitative estimate of drug-likeness (QED) is 0.644. The standard InChI is InChI=1S/C21H21ClN2O5/c1-11(2)29-20(26)16-17(12-7-5-4-6-8-12)23-21(27)24-18(16)14-9-13(22)10-15(28-3)19(14)25/h4-11,18,25H,1-3H3,(H2,23,24,27). The van der Waals surface area contributed by atoms with E-state index >= 15 is 0 Å². The van der Waals surface area contributed by atoms with E-state index in [0.717, 1.165) is 0 Å². The van der Waals surface area contributed by atoms with Crippen molar-refractivity contribution >= 4 is 29.3 Å². The number of phenolic OH excluding ortho intramolecular Hbond substituents is 1. The number of esters is 1. The third-order valence-electron chi connectivity index (χ3n) is 4.30. The fraction of sp³-hybridized carbons (Fsp3) is 0.238. The van der Waals surface area contributed by atoms with Crippen molar-refractivity contribution in [2.75, 3.05) is 7.11 Å². The summed E-state index contributed by atoms with van der Waals surface area (Å²) < 4.78 is 10.6. The van der Waals surface area contributed by atoms with E-state index in [1.807, 2.05) is 6.07 Å². The Morgan fingerprint density at radius 3 is 2.52 bits per heavy atom. The normalized spacial score (nSPS) is 16.3. The minimum atomic E-state index is -1.00. The Morgan fingerprint density at radius 2 is 1.90 bits per heavy atom. The lowest BCUT2D eigenvalue weighted by atomic mass is 9.92. The molecule has 0 aromatic heterocycles. The second-order valence-corrected chi connectivity index (χ2v) is 7.12. The Bertz CT molecular complexity index is 973. The van der Waals surface area contributed by atoms with Crippen molar-refractivity contribution in [3.63, 3.8) is 0 Å². The van der Waals surface area contributed by atoms with E-state index < -0.39 is 18.0 Å². The van der Waals surface area contributed by atoms with Crippen LogP contribution in [-0.2, 0) is 9.53 Å². The first-order valence-electron chi connectivity index (χ1n) is 8.96. The maximum Gasteiger partial charge on any atom is 0.338 e. The van der Waals surface area contributed by atoms with Gasteiger partial charge in [0.1, 0.15) is 0 Å². The molecule has 8 heteroatoms. The second-order valence-electron chi connectivity index (χ2n) is 6.69. The van der Waals surface area contributed by atoms with Gasteiger partial charge in [0.05, 0.1) is 30.5 Å². The predicted molar refractivity (Wildman–Crippen MR) is 109 cm³/mol. The fourth-order valence-corrected chi connectivity index (χ4v) is 3.31. The number of hydrogen-bond acceptors (Lipinski definition) is 5. The monoisotopic (exact) mass is 416 g/mol. The molecule has 1 unspecified atom stereocenters. The molecule has 3 N–H and O–H groups in total. The summed E-state index contributed by atoms with van der Waals surface area (Å²) in [6, 6.07) is 10.3. The Balaban J connectivity index is 2.25. The number of nitrogens with one attached hydrogen (secondary N) is 2. The SMILES string of the molecule is COc1cc(Cl)cc(C2NC(=O)NC(c3ccccc3)=C2C(=O)OC(C)C)c1O. The summed E-state index contributed by atoms with van der Waals surface area (Å²) in [5.41, 5.74) is 1.28. The number of benzene rings is 2. The highest BCUT2D eigenvalue weighted by molar-refractivity contribution is 6.30. The lowest BCUT2D eigenvalue weighted by Crippen LogP contribution is -2.45. The largest absolute Gasteiger partial charge is 0.504 e. The molecule has 1 aliphatic heterocycles. The first-order chi connectivity index (χ1) is 13.8. The van der Waals surface area contributed by atoms with Crippen LogP contribution in [0.4, 0.5) is 4.79 Å². The number of ether oxygens (including phenoxy) is 2. The van der Waals surface area contributed by atoms with Crippen LogP contribution in [0.15, 0.2) is 48.0 Å². The molecule has 0 aliphatic carbocycles. The third-order valence-corrected chi connectivity index (χ3v) is 4.52. The van der Waals surface area contributed by atoms with Gasteiger partial charge >= 0.3 is 12.0 Å². The number of aromatic hydroxyl groups is 1. The summed E-state index contributed by atoms with van der Waals surface area (Å²) in [6.45, 7) is 3.45. The minimum absolute atomic E-state index is 0.123. The summed E-state index contributed by atoms with van der Waals surface area (Å²) in [5.74, 6) is -0.737. The molecular weight excluding hydrogens is 396 g/mol. The van der Waals surface area contributed by atoms with Crippen molar-refractivity contribution < 1.29 is 24.2 Å². The van der Waals surface area contributed by atoms with Crippen LogP contribution < -0.4 is 15.4 Å². The van der Waals surface area contributed by atoms with Crippen molar-refractivity contribution in [3.05, 3.63) is 64.2 Å². The number of halogens is 1. The van der Waals surface area contributed by atoms with Gasteiger partial charge in [0.15, 0.2) is 11.5 Å². The molecule has 2 aromatic rings. The van der Waals surface area contributed by atoms with Gasteiger partial charge in [-0.2, -0.15) is 0 Å². The third kappa shape index (κ3) is 4.30. The summed E-state index contributed by atoms with van der Waals surface area (Å²) in [5, 5.41) is 16.3. The van der Waals surface area contributed by atoms with Crippen molar-refractivity contribution in [1.29, 1.82) is 0 Å². The maximum absolute atomic E-state index is 13.0. The molecule has 1 heterocycles. The Kier molecular flexibility index (Phi) is 5.98. The molecule has 2 amide bonds. The number of methoxy groups -OCH3 is 1. The first kappa shape index (κ1) is 20.5. The topological polar surface area (TPSA) is 96.9 Å². The number of carbonyl (C=O) groups is 2. The van der Waals surface area contributed by atoms with E-state index in [0.29, 0.717) is 11.3 Å². The molecule has 1 aliphatic rings. The van der Waals surface area contributed by atoms with Crippen LogP contribution in [0.1, 0.15) is 31.0 Å². The van der Waals surface area contributed by atoms with Crippen molar-refractivity contribution in [2.45, 2.75) is 26.0 Å². The molecule has 152 valence electrons. The maximum atomic E-state index is 13.0. The summed E-state index contributed by atoms with van der Waals surface area (Å²) in [6.07, 6.45) is -0.382. The van der Waals surface area contributed by atoms with Crippen molar-refractivity contribution in [1.82, 2.24) is 10.6 Å². The lowest BCUT2D eigenvalue weighted by Gasteiger charge is -2.30. The number of carbonyl (C=O) groups excluding carboxylic acids is 2. The zero-order chi connectivity index (χ0) is 21.1. The number of amides is 2. The molecule has 7 nitrogen and oxygen atoms in total. The van der Waals surface area contributed by atoms with Gasteiger partial charge in [0.2, 0.25) is 0 Å². The van der Waals surface area contributed by atoms with Crippen LogP contribution >= 0.6 is 11.6 Å². The van der Waals surface area contributed by atoms with E-state index in [1.165, 1.54) is 19.2 Å². The predicted octanol–water partition coefficient (Wildman–Crippen LogP) is 3.77. The average Bonchev–Trinajstić information content (AvgIpc) is 2.68. The molecule has 1 atom stereocenters. The summed E-state index contributed by atoms with van der Waals surface area (Å²) in [4.78, 5) is 25.4. The van der Waals surface area contributed by atoms with Crippen molar-refractivity contribution in [3.8, 4) is 11.5 Å². The van der Waals surface area contributed by atoms with Crippen LogP contribution in [-0.4, -0.2) is 30.3 Å². The van der Waals surface area contributed by atoms with E-state index in [9.17, 15) is 14.7 Å². The number of urea groups is 1. The number of hydrogen-bond donors (Lipinski definition) is 3. The second kappa shape index (κ2) is 8.45. The van der Waals surface area contributed by atoms with Crippen LogP contribution in [0.25, 0.3) is 5.70 Å². The zero-order valence-corrected chi connectivity index (χ0v) is 16.9. The molecule has 0 saturated heterocycles. The van der Waals surface area contributed by atoms with Gasteiger partial charge in [-0.25, -0.2) is 9.59 Å². The molecule has 2 aromatic carbocycles. The molecular formula is C21H21ClN2O5. The van der Waals surface area contributed by atoms with Crippen LogP contribution in [0, 0.1) is 0 Å². The Labute approximate surface area is 173 Å². The summed E-state index contributed by atoms with van der Waals surface area (Å²) >= 11 is 6.17.